The molecule has 3 N–H and O–H groups in total. The Balaban J connectivity index is 0.000000553. The third-order valence-electron chi connectivity index (χ3n) is 3.17. The zero-order valence-electron chi connectivity index (χ0n) is 15.3. The summed E-state index contributed by atoms with van der Waals surface area (Å²) in [7, 11) is 2.94. The average Bonchev–Trinajstić information content (AvgIpc) is 2.67. The first-order valence-corrected chi connectivity index (χ1v) is 7.62. The summed E-state index contributed by atoms with van der Waals surface area (Å²) in [4.78, 5) is 34.0. The maximum atomic E-state index is 11.1. The van der Waals surface area contributed by atoms with Crippen LogP contribution in [0.15, 0.2) is 30.5 Å². The Morgan fingerprint density at radius 3 is 2.23 bits per heavy atom. The molecule has 162 valence electrons. The molecule has 0 atom stereocenters. The minimum atomic E-state index is -5.08. The fourth-order valence-electron chi connectivity index (χ4n) is 1.86. The topological polar surface area (TPSA) is 161 Å². The number of nitro benzene ring substituents is 1. The second kappa shape index (κ2) is 9.90. The number of rotatable bonds is 6. The van der Waals surface area contributed by atoms with Crippen molar-refractivity contribution in [1.82, 2.24) is 4.98 Å². The van der Waals surface area contributed by atoms with Crippen molar-refractivity contribution in [3.05, 3.63) is 46.3 Å². The van der Waals surface area contributed by atoms with E-state index in [-0.39, 0.29) is 34.3 Å². The molecule has 11 nitrogen and oxygen atoms in total. The Kier molecular flexibility index (Phi) is 7.90. The normalized spacial score (nSPS) is 10.3. The molecule has 0 bridgehead atoms. The van der Waals surface area contributed by atoms with E-state index in [1.54, 1.807) is 7.05 Å². The lowest BCUT2D eigenvalue weighted by atomic mass is 10.2. The molecule has 0 saturated heterocycles. The molecule has 1 aromatic carbocycles. The standard InChI is InChI=1S/C14H13N3O6.C2HF3O2/c1-15-9-6-12(22-2)13(7-11(9)17(20)21)23-8-3-4-16-10(5-8)14(18)19;3-2(4,5)1(6)7/h3-7,15H,1-2H3,(H,18,19);(H,6,7). The average molecular weight is 433 g/mol. The fraction of sp³-hybridized carbons (Fsp3) is 0.188. The number of methoxy groups -OCH3 is 1. The summed E-state index contributed by atoms with van der Waals surface area (Å²) >= 11 is 0. The molecule has 30 heavy (non-hydrogen) atoms. The third kappa shape index (κ3) is 6.50. The zero-order valence-corrected chi connectivity index (χ0v) is 15.3. The number of aromatic carboxylic acids is 1. The van der Waals surface area contributed by atoms with Crippen LogP contribution in [0.2, 0.25) is 0 Å². The summed E-state index contributed by atoms with van der Waals surface area (Å²) in [6.45, 7) is 0. The number of alkyl halides is 3. The van der Waals surface area contributed by atoms with Crippen LogP contribution in [0.1, 0.15) is 10.5 Å². The van der Waals surface area contributed by atoms with E-state index in [1.165, 1.54) is 37.6 Å². The molecule has 0 saturated carbocycles. The first-order valence-electron chi connectivity index (χ1n) is 7.62. The highest BCUT2D eigenvalue weighted by atomic mass is 19.4. The number of hydrogen-bond donors (Lipinski definition) is 3. The number of nitrogens with one attached hydrogen (secondary N) is 1. The van der Waals surface area contributed by atoms with Gasteiger partial charge in [-0.05, 0) is 6.07 Å². The molecular formula is C16H14F3N3O8. The molecule has 1 heterocycles. The lowest BCUT2D eigenvalue weighted by molar-refractivity contribution is -0.384. The Morgan fingerprint density at radius 2 is 1.80 bits per heavy atom. The molecule has 0 spiro atoms. The molecule has 2 rings (SSSR count). The maximum absolute atomic E-state index is 11.1. The van der Waals surface area contributed by atoms with E-state index in [0.29, 0.717) is 0 Å². The van der Waals surface area contributed by atoms with Crippen LogP contribution in [-0.2, 0) is 4.79 Å². The summed E-state index contributed by atoms with van der Waals surface area (Å²) in [6.07, 6.45) is -3.82. The summed E-state index contributed by atoms with van der Waals surface area (Å²) in [5.74, 6) is -3.46. The van der Waals surface area contributed by atoms with Gasteiger partial charge < -0.3 is 25.0 Å². The number of nitro groups is 1. The van der Waals surface area contributed by atoms with Crippen molar-refractivity contribution in [2.24, 2.45) is 0 Å². The number of hydrogen-bond acceptors (Lipinski definition) is 8. The van der Waals surface area contributed by atoms with Gasteiger partial charge in [-0.15, -0.1) is 0 Å². The molecule has 0 amide bonds. The minimum absolute atomic E-state index is 0.0840. The summed E-state index contributed by atoms with van der Waals surface area (Å²) in [5, 5.41) is 29.9. The molecular weight excluding hydrogens is 419 g/mol. The van der Waals surface area contributed by atoms with Crippen LogP contribution in [0.3, 0.4) is 0 Å². The molecule has 0 fully saturated rings. The molecule has 2 aromatic rings. The van der Waals surface area contributed by atoms with Crippen LogP contribution in [0.4, 0.5) is 24.5 Å². The monoisotopic (exact) mass is 433 g/mol. The van der Waals surface area contributed by atoms with Gasteiger partial charge in [-0.25, -0.2) is 14.6 Å². The Bertz CT molecular complexity index is 950. The maximum Gasteiger partial charge on any atom is 0.490 e. The van der Waals surface area contributed by atoms with Crippen molar-refractivity contribution in [3.63, 3.8) is 0 Å². The van der Waals surface area contributed by atoms with Gasteiger partial charge in [0, 0.05) is 25.4 Å². The SMILES string of the molecule is CNc1cc(OC)c(Oc2ccnc(C(=O)O)c2)cc1[N+](=O)[O-].O=C(O)C(F)(F)F. The minimum Gasteiger partial charge on any atom is -0.493 e. The smallest absolute Gasteiger partial charge is 0.490 e. The molecule has 0 unspecified atom stereocenters. The lowest BCUT2D eigenvalue weighted by Crippen LogP contribution is -2.21. The van der Waals surface area contributed by atoms with Crippen molar-refractivity contribution in [1.29, 1.82) is 0 Å². The Morgan fingerprint density at radius 1 is 1.20 bits per heavy atom. The number of ether oxygens (including phenoxy) is 2. The first kappa shape index (κ1) is 23.9. The Labute approximate surface area is 165 Å². The number of aromatic nitrogens is 1. The van der Waals surface area contributed by atoms with Gasteiger partial charge in [0.2, 0.25) is 0 Å². The van der Waals surface area contributed by atoms with Crippen molar-refractivity contribution in [2.75, 3.05) is 19.5 Å². The number of carboxylic acids is 2. The van der Waals surface area contributed by atoms with E-state index in [2.05, 4.69) is 10.3 Å². The highest BCUT2D eigenvalue weighted by Crippen LogP contribution is 2.39. The van der Waals surface area contributed by atoms with Crippen LogP contribution >= 0.6 is 0 Å². The number of aliphatic carboxylic acids is 1. The predicted octanol–water partition coefficient (Wildman–Crippen LogP) is 3.16. The lowest BCUT2D eigenvalue weighted by Gasteiger charge is -2.12. The predicted molar refractivity (Wildman–Crippen MR) is 94.2 cm³/mol. The summed E-state index contributed by atoms with van der Waals surface area (Å²) in [5.41, 5.74) is -0.140. The van der Waals surface area contributed by atoms with Crippen molar-refractivity contribution in [3.8, 4) is 17.2 Å². The van der Waals surface area contributed by atoms with Gasteiger partial charge >= 0.3 is 18.1 Å². The van der Waals surface area contributed by atoms with Crippen LogP contribution in [0, 0.1) is 10.1 Å². The van der Waals surface area contributed by atoms with E-state index >= 15 is 0 Å². The van der Waals surface area contributed by atoms with Crippen molar-refractivity contribution >= 4 is 23.3 Å². The second-order valence-corrected chi connectivity index (χ2v) is 5.11. The number of nitrogens with zero attached hydrogens (tertiary/aromatic N) is 2. The highest BCUT2D eigenvalue weighted by molar-refractivity contribution is 5.85. The third-order valence-corrected chi connectivity index (χ3v) is 3.17. The molecule has 14 heteroatoms. The highest BCUT2D eigenvalue weighted by Gasteiger charge is 2.38. The van der Waals surface area contributed by atoms with Crippen LogP contribution in [-0.4, -0.2) is 52.4 Å². The van der Waals surface area contributed by atoms with E-state index in [0.717, 1.165) is 0 Å². The molecule has 0 aliphatic heterocycles. The van der Waals surface area contributed by atoms with Crippen LogP contribution < -0.4 is 14.8 Å². The van der Waals surface area contributed by atoms with Crippen molar-refractivity contribution < 1.29 is 47.4 Å². The number of carbonyl (C=O) groups is 2. The molecule has 0 aliphatic carbocycles. The zero-order chi connectivity index (χ0) is 23.1. The largest absolute Gasteiger partial charge is 0.493 e. The quantitative estimate of drug-likeness (QED) is 0.456. The van der Waals surface area contributed by atoms with E-state index in [1.807, 2.05) is 0 Å². The summed E-state index contributed by atoms with van der Waals surface area (Å²) in [6, 6.07) is 5.27. The Hall–Kier alpha value is -4.10. The second-order valence-electron chi connectivity index (χ2n) is 5.11. The molecule has 0 aliphatic rings. The number of pyridine rings is 1. The van der Waals surface area contributed by atoms with E-state index in [9.17, 15) is 28.1 Å². The van der Waals surface area contributed by atoms with Gasteiger partial charge in [0.15, 0.2) is 17.2 Å². The summed E-state index contributed by atoms with van der Waals surface area (Å²) < 4.78 is 42.4. The molecule has 0 radical (unpaired) electrons. The number of halogens is 3. The van der Waals surface area contributed by atoms with Gasteiger partial charge in [0.05, 0.1) is 18.1 Å². The fourth-order valence-corrected chi connectivity index (χ4v) is 1.86. The van der Waals surface area contributed by atoms with Crippen molar-refractivity contribution in [2.45, 2.75) is 6.18 Å². The first-order chi connectivity index (χ1) is 13.9. The van der Waals surface area contributed by atoms with Gasteiger partial charge in [-0.2, -0.15) is 13.2 Å². The number of carboxylic acid groups (broad SMARTS) is 2. The van der Waals surface area contributed by atoms with Gasteiger partial charge in [0.25, 0.3) is 5.69 Å². The molecule has 1 aromatic heterocycles. The number of anilines is 1. The van der Waals surface area contributed by atoms with Crippen LogP contribution in [0.5, 0.6) is 17.2 Å². The number of benzene rings is 1. The van der Waals surface area contributed by atoms with E-state index < -0.39 is 23.0 Å². The van der Waals surface area contributed by atoms with Crippen LogP contribution in [0.25, 0.3) is 0 Å². The van der Waals surface area contributed by atoms with Gasteiger partial charge in [0.1, 0.15) is 11.4 Å². The van der Waals surface area contributed by atoms with Gasteiger partial charge in [-0.3, -0.25) is 10.1 Å². The van der Waals surface area contributed by atoms with Gasteiger partial charge in [-0.1, -0.05) is 0 Å². The van der Waals surface area contributed by atoms with E-state index in [4.69, 9.17) is 24.5 Å².